The van der Waals surface area contributed by atoms with Gasteiger partial charge in [-0.1, -0.05) is 0 Å². The summed E-state index contributed by atoms with van der Waals surface area (Å²) in [5, 5.41) is 0. The van der Waals surface area contributed by atoms with Crippen LogP contribution in [0, 0.1) is 0 Å². The number of hydrogen-bond donors (Lipinski definition) is 0. The lowest BCUT2D eigenvalue weighted by molar-refractivity contribution is 0.949. The Kier molecular flexibility index (Phi) is 3.86. The molecule has 12 heavy (non-hydrogen) atoms. The van der Waals surface area contributed by atoms with Gasteiger partial charge in [0.25, 0.3) is 0 Å². The van der Waals surface area contributed by atoms with E-state index in [0.717, 1.165) is 0 Å². The number of hydrogen-bond acceptors (Lipinski definition) is 0. The van der Waals surface area contributed by atoms with Crippen LogP contribution in [0.15, 0.2) is 0 Å². The molecular weight excluding hydrogens is 182 g/mol. The molecule has 0 aromatic heterocycles. The summed E-state index contributed by atoms with van der Waals surface area (Å²) in [5.41, 5.74) is 0. The maximum atomic E-state index is 1.65. The Morgan fingerprint density at radius 1 is 0.583 bits per heavy atom. The maximum absolute atomic E-state index is 1.65. The fourth-order valence-corrected chi connectivity index (χ4v) is 8.58. The summed E-state index contributed by atoms with van der Waals surface area (Å²) in [6.45, 7) is 0. The smallest absolute Gasteiger partial charge is 0.0286 e. The molecule has 0 nitrogen and oxygen atoms in total. The lowest BCUT2D eigenvalue weighted by Crippen LogP contribution is -1.93. The summed E-state index contributed by atoms with van der Waals surface area (Å²) in [5.74, 6) is 0. The fourth-order valence-electron chi connectivity index (χ4n) is 2.30. The van der Waals surface area contributed by atoms with Gasteiger partial charge in [-0.25, -0.2) is 0 Å². The lowest BCUT2D eigenvalue weighted by atomic mass is 10.4. The van der Waals surface area contributed by atoms with E-state index in [4.69, 9.17) is 0 Å². The van der Waals surface area contributed by atoms with Crippen molar-refractivity contribution in [2.45, 2.75) is 25.7 Å². The van der Waals surface area contributed by atoms with E-state index in [0.29, 0.717) is 15.8 Å². The van der Waals surface area contributed by atoms with Crippen molar-refractivity contribution in [2.24, 2.45) is 0 Å². The minimum absolute atomic E-state index is 0.555. The van der Waals surface area contributed by atoms with Crippen LogP contribution in [-0.2, 0) is 0 Å². The van der Waals surface area contributed by atoms with Crippen molar-refractivity contribution in [2.75, 3.05) is 37.0 Å². The van der Waals surface area contributed by atoms with Crippen LogP contribution in [0.5, 0.6) is 0 Å². The van der Waals surface area contributed by atoms with Crippen LogP contribution in [0.1, 0.15) is 25.7 Å². The van der Waals surface area contributed by atoms with Gasteiger partial charge in [-0.05, 0) is 62.7 Å². The van der Waals surface area contributed by atoms with Crippen molar-refractivity contribution in [1.29, 1.82) is 0 Å². The molecule has 0 bridgehead atoms. The summed E-state index contributed by atoms with van der Waals surface area (Å²) in [4.78, 5) is 0. The van der Waals surface area contributed by atoms with Gasteiger partial charge >= 0.3 is 0 Å². The molecule has 0 radical (unpaired) electrons. The third-order valence-corrected chi connectivity index (χ3v) is 8.99. The molecule has 0 aromatic carbocycles. The molecule has 2 saturated heterocycles. The average molecular weight is 202 g/mol. The summed E-state index contributed by atoms with van der Waals surface area (Å²) < 4.78 is 0. The second kappa shape index (κ2) is 4.92. The average Bonchev–Trinajstić information content (AvgIpc) is 2.74. The molecule has 0 saturated carbocycles. The van der Waals surface area contributed by atoms with Crippen molar-refractivity contribution in [1.82, 2.24) is 0 Å². The first kappa shape index (κ1) is 9.42. The molecule has 0 atom stereocenters. The zero-order valence-electron chi connectivity index (χ0n) is 7.97. The molecular formula is C10H20P2. The SMILES string of the molecule is C1CCP(CCP2CCCC2)C1. The van der Waals surface area contributed by atoms with Crippen molar-refractivity contribution < 1.29 is 0 Å². The monoisotopic (exact) mass is 202 g/mol. The quantitative estimate of drug-likeness (QED) is 0.614. The van der Waals surface area contributed by atoms with E-state index in [2.05, 4.69) is 0 Å². The Balaban J connectivity index is 1.60. The van der Waals surface area contributed by atoms with E-state index in [1.165, 1.54) is 0 Å². The standard InChI is InChI=1S/C10H20P2/c1-2-6-11(5-1)9-10-12-7-3-4-8-12/h1-10H2. The van der Waals surface area contributed by atoms with Crippen LogP contribution in [0.25, 0.3) is 0 Å². The summed E-state index contributed by atoms with van der Waals surface area (Å²) >= 11 is 0. The molecule has 0 aliphatic carbocycles. The second-order valence-corrected chi connectivity index (χ2v) is 9.46. The molecule has 2 heteroatoms. The van der Waals surface area contributed by atoms with Crippen LogP contribution in [0.3, 0.4) is 0 Å². The summed E-state index contributed by atoms with van der Waals surface area (Å²) in [7, 11) is 1.11. The highest BCUT2D eigenvalue weighted by molar-refractivity contribution is 7.62. The molecule has 0 N–H and O–H groups in total. The van der Waals surface area contributed by atoms with Crippen LogP contribution in [0.4, 0.5) is 0 Å². The predicted octanol–water partition coefficient (Wildman–Crippen LogP) is 3.54. The largest absolute Gasteiger partial charge is 0.106 e. The normalized spacial score (nSPS) is 27.0. The van der Waals surface area contributed by atoms with Crippen molar-refractivity contribution >= 4 is 15.8 Å². The van der Waals surface area contributed by atoms with Crippen molar-refractivity contribution in [3.05, 3.63) is 0 Å². The zero-order valence-corrected chi connectivity index (χ0v) is 9.75. The van der Waals surface area contributed by atoms with E-state index < -0.39 is 0 Å². The van der Waals surface area contributed by atoms with Gasteiger partial charge in [-0.3, -0.25) is 0 Å². The Morgan fingerprint density at radius 2 is 0.917 bits per heavy atom. The van der Waals surface area contributed by atoms with E-state index in [-0.39, 0.29) is 0 Å². The first-order valence-electron chi connectivity index (χ1n) is 5.40. The minimum atomic E-state index is 0.555. The Bertz CT molecular complexity index is 108. The summed E-state index contributed by atoms with van der Waals surface area (Å²) in [6, 6.07) is 0. The first-order valence-corrected chi connectivity index (χ1v) is 9.19. The molecule has 0 unspecified atom stereocenters. The van der Waals surface area contributed by atoms with E-state index in [1.807, 2.05) is 0 Å². The van der Waals surface area contributed by atoms with Crippen LogP contribution in [-0.4, -0.2) is 37.0 Å². The predicted molar refractivity (Wildman–Crippen MR) is 61.5 cm³/mol. The lowest BCUT2D eigenvalue weighted by Gasteiger charge is -2.13. The van der Waals surface area contributed by atoms with Crippen LogP contribution in [0.2, 0.25) is 0 Å². The highest BCUT2D eigenvalue weighted by atomic mass is 31.1. The molecule has 0 spiro atoms. The number of rotatable bonds is 3. The molecule has 2 aliphatic heterocycles. The van der Waals surface area contributed by atoms with Gasteiger partial charge in [-0.2, -0.15) is 0 Å². The van der Waals surface area contributed by atoms with Gasteiger partial charge in [-0.15, -0.1) is 15.8 Å². The zero-order chi connectivity index (χ0) is 8.23. The molecule has 0 aromatic rings. The minimum Gasteiger partial charge on any atom is -0.106 e. The van der Waals surface area contributed by atoms with E-state index in [9.17, 15) is 0 Å². The molecule has 0 amide bonds. The van der Waals surface area contributed by atoms with Gasteiger partial charge in [0.2, 0.25) is 0 Å². The fraction of sp³-hybridized carbons (Fsp3) is 1.00. The Labute approximate surface area is 79.0 Å². The third-order valence-electron chi connectivity index (χ3n) is 3.13. The van der Waals surface area contributed by atoms with E-state index >= 15 is 0 Å². The highest BCUT2D eigenvalue weighted by Gasteiger charge is 2.18. The molecule has 2 fully saturated rings. The van der Waals surface area contributed by atoms with Gasteiger partial charge in [0.15, 0.2) is 0 Å². The molecule has 2 heterocycles. The van der Waals surface area contributed by atoms with Gasteiger partial charge in [0, 0.05) is 0 Å². The molecule has 70 valence electrons. The molecule has 2 aliphatic rings. The third kappa shape index (κ3) is 2.68. The van der Waals surface area contributed by atoms with Gasteiger partial charge < -0.3 is 0 Å². The van der Waals surface area contributed by atoms with Gasteiger partial charge in [0.1, 0.15) is 0 Å². The Morgan fingerprint density at radius 3 is 1.25 bits per heavy atom. The maximum Gasteiger partial charge on any atom is -0.0286 e. The van der Waals surface area contributed by atoms with Crippen molar-refractivity contribution in [3.8, 4) is 0 Å². The highest BCUT2D eigenvalue weighted by Crippen LogP contribution is 2.49. The van der Waals surface area contributed by atoms with Crippen LogP contribution < -0.4 is 0 Å². The van der Waals surface area contributed by atoms with Gasteiger partial charge in [0.05, 0.1) is 0 Å². The Hall–Kier alpha value is 0.860. The van der Waals surface area contributed by atoms with Crippen LogP contribution >= 0.6 is 15.8 Å². The van der Waals surface area contributed by atoms with E-state index in [1.54, 1.807) is 62.7 Å². The summed E-state index contributed by atoms with van der Waals surface area (Å²) in [6.07, 6.45) is 16.0. The topological polar surface area (TPSA) is 0 Å². The second-order valence-electron chi connectivity index (χ2n) is 4.10. The molecule has 2 rings (SSSR count). The van der Waals surface area contributed by atoms with Crippen molar-refractivity contribution in [3.63, 3.8) is 0 Å². The first-order chi connectivity index (χ1) is 5.95.